The lowest BCUT2D eigenvalue weighted by Gasteiger charge is -2.26. The van der Waals surface area contributed by atoms with E-state index in [2.05, 4.69) is 29.4 Å². The molecule has 0 aliphatic carbocycles. The highest BCUT2D eigenvalue weighted by molar-refractivity contribution is 5.81. The summed E-state index contributed by atoms with van der Waals surface area (Å²) in [5, 5.41) is 6.24. The molecule has 1 unspecified atom stereocenters. The molecule has 1 rings (SSSR count). The van der Waals surface area contributed by atoms with Crippen LogP contribution in [-0.2, 0) is 4.79 Å². The number of nitrogens with zero attached hydrogens (tertiary/aromatic N) is 1. The molecule has 1 aliphatic rings. The normalized spacial score (nSPS) is 22.1. The molecule has 1 amide bonds. The van der Waals surface area contributed by atoms with Crippen molar-refractivity contribution in [2.75, 3.05) is 26.7 Å². The van der Waals surface area contributed by atoms with Crippen molar-refractivity contribution >= 4 is 5.91 Å². The van der Waals surface area contributed by atoms with E-state index in [0.29, 0.717) is 12.1 Å². The third kappa shape index (κ3) is 3.96. The standard InChI is InChI=1S/C13H27N3O/c1-10(2)16-7-6-11(8-16)15-9-13(3,4)12(17)14-5/h10-11,15H,6-9H2,1-5H3,(H,14,17). The third-order valence-electron chi connectivity index (χ3n) is 3.62. The second-order valence-corrected chi connectivity index (χ2v) is 5.92. The van der Waals surface area contributed by atoms with Crippen molar-refractivity contribution in [1.29, 1.82) is 0 Å². The maximum absolute atomic E-state index is 11.6. The van der Waals surface area contributed by atoms with Gasteiger partial charge in [-0.3, -0.25) is 9.69 Å². The zero-order valence-electron chi connectivity index (χ0n) is 11.8. The highest BCUT2D eigenvalue weighted by atomic mass is 16.2. The Bertz CT molecular complexity index is 263. The van der Waals surface area contributed by atoms with Gasteiger partial charge in [0.15, 0.2) is 0 Å². The Balaban J connectivity index is 2.35. The summed E-state index contributed by atoms with van der Waals surface area (Å²) in [6.07, 6.45) is 1.18. The summed E-state index contributed by atoms with van der Waals surface area (Å²) in [6, 6.07) is 1.15. The Kier molecular flexibility index (Phi) is 4.95. The van der Waals surface area contributed by atoms with Gasteiger partial charge in [0.2, 0.25) is 5.91 Å². The molecule has 0 spiro atoms. The molecule has 1 aliphatic heterocycles. The Labute approximate surface area is 105 Å². The molecule has 1 heterocycles. The molecule has 4 nitrogen and oxygen atoms in total. The zero-order chi connectivity index (χ0) is 13.1. The van der Waals surface area contributed by atoms with Crippen molar-refractivity contribution in [2.24, 2.45) is 5.41 Å². The minimum absolute atomic E-state index is 0.101. The molecule has 1 saturated heterocycles. The fraction of sp³-hybridized carbons (Fsp3) is 0.923. The molecular weight excluding hydrogens is 214 g/mol. The van der Waals surface area contributed by atoms with Crippen LogP contribution in [0.4, 0.5) is 0 Å². The second kappa shape index (κ2) is 5.83. The highest BCUT2D eigenvalue weighted by Gasteiger charge is 2.29. The smallest absolute Gasteiger partial charge is 0.226 e. The van der Waals surface area contributed by atoms with Crippen molar-refractivity contribution in [3.63, 3.8) is 0 Å². The van der Waals surface area contributed by atoms with Crippen molar-refractivity contribution < 1.29 is 4.79 Å². The van der Waals surface area contributed by atoms with Crippen LogP contribution < -0.4 is 10.6 Å². The van der Waals surface area contributed by atoms with Gasteiger partial charge in [0.1, 0.15) is 0 Å². The summed E-state index contributed by atoms with van der Waals surface area (Å²) < 4.78 is 0. The molecule has 1 fully saturated rings. The molecule has 4 heteroatoms. The van der Waals surface area contributed by atoms with Crippen LogP contribution >= 0.6 is 0 Å². The molecule has 0 aromatic carbocycles. The van der Waals surface area contributed by atoms with E-state index in [1.54, 1.807) is 7.05 Å². The SMILES string of the molecule is CNC(=O)C(C)(C)CNC1CCN(C(C)C)C1. The predicted molar refractivity (Wildman–Crippen MR) is 71.0 cm³/mol. The minimum Gasteiger partial charge on any atom is -0.359 e. The molecule has 0 aromatic rings. The van der Waals surface area contributed by atoms with Crippen molar-refractivity contribution in [1.82, 2.24) is 15.5 Å². The van der Waals surface area contributed by atoms with Gasteiger partial charge in [0.05, 0.1) is 5.41 Å². The van der Waals surface area contributed by atoms with Gasteiger partial charge >= 0.3 is 0 Å². The summed E-state index contributed by atoms with van der Waals surface area (Å²) in [4.78, 5) is 14.1. The largest absolute Gasteiger partial charge is 0.359 e. The zero-order valence-corrected chi connectivity index (χ0v) is 11.8. The van der Waals surface area contributed by atoms with Crippen LogP contribution in [-0.4, -0.2) is 49.6 Å². The van der Waals surface area contributed by atoms with Gasteiger partial charge in [-0.15, -0.1) is 0 Å². The van der Waals surface area contributed by atoms with Crippen LogP contribution in [0.15, 0.2) is 0 Å². The fourth-order valence-corrected chi connectivity index (χ4v) is 2.24. The van der Waals surface area contributed by atoms with Gasteiger partial charge in [-0.05, 0) is 40.7 Å². The van der Waals surface area contributed by atoms with Crippen LogP contribution in [0.5, 0.6) is 0 Å². The molecule has 0 bridgehead atoms. The number of likely N-dealkylation sites (tertiary alicyclic amines) is 1. The number of nitrogens with one attached hydrogen (secondary N) is 2. The van der Waals surface area contributed by atoms with Crippen LogP contribution in [0, 0.1) is 5.41 Å². The highest BCUT2D eigenvalue weighted by Crippen LogP contribution is 2.16. The van der Waals surface area contributed by atoms with Gasteiger partial charge in [0.25, 0.3) is 0 Å². The molecule has 0 aromatic heterocycles. The van der Waals surface area contributed by atoms with E-state index in [4.69, 9.17) is 0 Å². The Morgan fingerprint density at radius 1 is 1.47 bits per heavy atom. The lowest BCUT2D eigenvalue weighted by molar-refractivity contribution is -0.128. The Hall–Kier alpha value is -0.610. The monoisotopic (exact) mass is 241 g/mol. The summed E-state index contributed by atoms with van der Waals surface area (Å²) in [5.74, 6) is 0.101. The maximum atomic E-state index is 11.6. The number of hydrogen-bond donors (Lipinski definition) is 2. The average Bonchev–Trinajstić information content (AvgIpc) is 2.74. The lowest BCUT2D eigenvalue weighted by Crippen LogP contribution is -2.45. The predicted octanol–water partition coefficient (Wildman–Crippen LogP) is 0.831. The summed E-state index contributed by atoms with van der Waals surface area (Å²) in [6.45, 7) is 11.4. The first kappa shape index (κ1) is 14.5. The van der Waals surface area contributed by atoms with E-state index in [1.165, 1.54) is 6.42 Å². The first-order valence-electron chi connectivity index (χ1n) is 6.56. The first-order chi connectivity index (χ1) is 7.86. The van der Waals surface area contributed by atoms with Gasteiger partial charge in [-0.2, -0.15) is 0 Å². The van der Waals surface area contributed by atoms with Crippen molar-refractivity contribution in [3.05, 3.63) is 0 Å². The number of amides is 1. The van der Waals surface area contributed by atoms with Crippen molar-refractivity contribution in [3.8, 4) is 0 Å². The average molecular weight is 241 g/mol. The van der Waals surface area contributed by atoms with Gasteiger partial charge < -0.3 is 10.6 Å². The number of carbonyl (C=O) groups is 1. The Morgan fingerprint density at radius 2 is 2.12 bits per heavy atom. The van der Waals surface area contributed by atoms with Gasteiger partial charge in [-0.1, -0.05) is 0 Å². The second-order valence-electron chi connectivity index (χ2n) is 5.92. The fourth-order valence-electron chi connectivity index (χ4n) is 2.24. The van der Waals surface area contributed by atoms with E-state index < -0.39 is 0 Å². The topological polar surface area (TPSA) is 44.4 Å². The van der Waals surface area contributed by atoms with Gasteiger partial charge in [-0.25, -0.2) is 0 Å². The third-order valence-corrected chi connectivity index (χ3v) is 3.62. The molecule has 0 saturated carbocycles. The quantitative estimate of drug-likeness (QED) is 0.749. The molecule has 1 atom stereocenters. The number of hydrogen-bond acceptors (Lipinski definition) is 3. The van der Waals surface area contributed by atoms with Crippen LogP contribution in [0.1, 0.15) is 34.1 Å². The first-order valence-corrected chi connectivity index (χ1v) is 6.56. The van der Waals surface area contributed by atoms with E-state index >= 15 is 0 Å². The van der Waals surface area contributed by atoms with E-state index in [-0.39, 0.29) is 11.3 Å². The van der Waals surface area contributed by atoms with E-state index in [9.17, 15) is 4.79 Å². The maximum Gasteiger partial charge on any atom is 0.226 e. The van der Waals surface area contributed by atoms with Crippen LogP contribution in [0.3, 0.4) is 0 Å². The molecule has 17 heavy (non-hydrogen) atoms. The minimum atomic E-state index is -0.333. The van der Waals surface area contributed by atoms with Gasteiger partial charge in [0, 0.05) is 32.2 Å². The number of carbonyl (C=O) groups excluding carboxylic acids is 1. The summed E-state index contributed by atoms with van der Waals surface area (Å²) in [5.41, 5.74) is -0.333. The van der Waals surface area contributed by atoms with E-state index in [0.717, 1.165) is 19.6 Å². The molecule has 0 radical (unpaired) electrons. The van der Waals surface area contributed by atoms with E-state index in [1.807, 2.05) is 13.8 Å². The molecule has 100 valence electrons. The van der Waals surface area contributed by atoms with Crippen LogP contribution in [0.25, 0.3) is 0 Å². The van der Waals surface area contributed by atoms with Crippen LogP contribution in [0.2, 0.25) is 0 Å². The number of rotatable bonds is 5. The Morgan fingerprint density at radius 3 is 2.59 bits per heavy atom. The van der Waals surface area contributed by atoms with Crippen molar-refractivity contribution in [2.45, 2.75) is 46.2 Å². The molecule has 2 N–H and O–H groups in total. The summed E-state index contributed by atoms with van der Waals surface area (Å²) >= 11 is 0. The summed E-state index contributed by atoms with van der Waals surface area (Å²) in [7, 11) is 1.69. The molecular formula is C13H27N3O. The lowest BCUT2D eigenvalue weighted by atomic mass is 9.92.